The van der Waals surface area contributed by atoms with Gasteiger partial charge < -0.3 is 18.8 Å². The Morgan fingerprint density at radius 2 is 1.06 bits per heavy atom. The molecule has 0 aromatic carbocycles. The van der Waals surface area contributed by atoms with Gasteiger partial charge in [0.15, 0.2) is 0 Å². The fourth-order valence-electron chi connectivity index (χ4n) is 0.549. The van der Waals surface area contributed by atoms with E-state index in [4.69, 9.17) is 0 Å². The van der Waals surface area contributed by atoms with Crippen molar-refractivity contribution in [3.8, 4) is 0 Å². The first-order chi connectivity index (χ1) is 7.33. The van der Waals surface area contributed by atoms with Gasteiger partial charge in [0.2, 0.25) is 0 Å². The van der Waals surface area contributed by atoms with Crippen LogP contribution in [0.3, 0.4) is 0 Å². The Labute approximate surface area is 108 Å². The molecular formula is C4H2Cl4O8. The van der Waals surface area contributed by atoms with Crippen LogP contribution in [0.15, 0.2) is 0 Å². The summed E-state index contributed by atoms with van der Waals surface area (Å²) in [6.45, 7) is 0. The molecule has 0 aliphatic carbocycles. The molecule has 0 aliphatic heterocycles. The van der Waals surface area contributed by atoms with E-state index >= 15 is 0 Å². The highest BCUT2D eigenvalue weighted by molar-refractivity contribution is 6.18. The smallest absolute Gasteiger partial charge is 0.351 e. The van der Waals surface area contributed by atoms with Crippen LogP contribution in [0.5, 0.6) is 0 Å². The molecule has 0 saturated carbocycles. The van der Waals surface area contributed by atoms with Crippen LogP contribution in [-0.2, 0) is 26.7 Å². The Morgan fingerprint density at radius 3 is 1.19 bits per heavy atom. The largest absolute Gasteiger partial charge is 0.392 e. The SMILES string of the molecule is O=C(OCl)C(O)(OCl)C(O)(OCl)C(=O)OCl. The molecule has 0 radical (unpaired) electrons. The first kappa shape index (κ1) is 15.9. The Balaban J connectivity index is 5.48. The molecular weight excluding hydrogens is 318 g/mol. The second-order valence-corrected chi connectivity index (χ2v) is 2.79. The van der Waals surface area contributed by atoms with E-state index in [0.29, 0.717) is 0 Å². The summed E-state index contributed by atoms with van der Waals surface area (Å²) in [6, 6.07) is 0. The lowest BCUT2D eigenvalue weighted by molar-refractivity contribution is -0.309. The third-order valence-corrected chi connectivity index (χ3v) is 2.10. The van der Waals surface area contributed by atoms with Crippen LogP contribution >= 0.6 is 47.5 Å². The van der Waals surface area contributed by atoms with Gasteiger partial charge in [-0.05, 0) is 0 Å². The lowest BCUT2D eigenvalue weighted by Gasteiger charge is -2.31. The topological polar surface area (TPSA) is 112 Å². The van der Waals surface area contributed by atoms with Crippen molar-refractivity contribution in [2.45, 2.75) is 11.6 Å². The van der Waals surface area contributed by atoms with Crippen LogP contribution in [0.1, 0.15) is 0 Å². The maximum absolute atomic E-state index is 10.9. The summed E-state index contributed by atoms with van der Waals surface area (Å²) in [4.78, 5) is 21.9. The van der Waals surface area contributed by atoms with Crippen molar-refractivity contribution in [3.05, 3.63) is 0 Å². The van der Waals surface area contributed by atoms with Gasteiger partial charge in [-0.1, -0.05) is 0 Å². The van der Waals surface area contributed by atoms with Gasteiger partial charge in [0, 0.05) is 0 Å². The minimum absolute atomic E-state index is 1.92. The normalized spacial score (nSPS) is 18.1. The summed E-state index contributed by atoms with van der Waals surface area (Å²) in [5.41, 5.74) is 0. The third kappa shape index (κ3) is 2.44. The zero-order valence-corrected chi connectivity index (χ0v) is 9.88. The standard InChI is InChI=1S/C4H2Cl4O8/c5-13-1(9)3(11,15-7)4(12,16-8)2(10)14-6/h11-12H. The average Bonchev–Trinajstić information content (AvgIpc) is 2.34. The zero-order valence-electron chi connectivity index (χ0n) is 6.86. The van der Waals surface area contributed by atoms with Crippen molar-refractivity contribution < 1.29 is 37.0 Å². The molecule has 0 fully saturated rings. The van der Waals surface area contributed by atoms with Crippen molar-refractivity contribution in [1.29, 1.82) is 0 Å². The number of hydrogen-bond donors (Lipinski definition) is 2. The molecule has 8 nitrogen and oxygen atoms in total. The van der Waals surface area contributed by atoms with Crippen LogP contribution < -0.4 is 0 Å². The van der Waals surface area contributed by atoms with E-state index in [2.05, 4.69) is 64.6 Å². The summed E-state index contributed by atoms with van der Waals surface area (Å²) < 4.78 is 14.2. The summed E-state index contributed by atoms with van der Waals surface area (Å²) in [5.74, 6) is -11.1. The molecule has 2 unspecified atom stereocenters. The first-order valence-corrected chi connectivity index (χ1v) is 4.27. The molecule has 0 aliphatic rings. The molecule has 0 heterocycles. The van der Waals surface area contributed by atoms with Gasteiger partial charge >= 0.3 is 23.5 Å². The number of halogens is 4. The highest BCUT2D eigenvalue weighted by Gasteiger charge is 2.67. The molecule has 0 rings (SSSR count). The van der Waals surface area contributed by atoms with Crippen LogP contribution in [-0.4, -0.2) is 33.7 Å². The number of hydrogen-bond acceptors (Lipinski definition) is 8. The van der Waals surface area contributed by atoms with Crippen molar-refractivity contribution in [2.24, 2.45) is 0 Å². The van der Waals surface area contributed by atoms with Crippen molar-refractivity contribution in [2.75, 3.05) is 0 Å². The van der Waals surface area contributed by atoms with Crippen LogP contribution in [0, 0.1) is 0 Å². The lowest BCUT2D eigenvalue weighted by atomic mass is 10.1. The summed E-state index contributed by atoms with van der Waals surface area (Å²) in [7, 11) is 0. The Bertz CT molecular complexity index is 257. The highest BCUT2D eigenvalue weighted by Crippen LogP contribution is 2.31. The number of rotatable bonds is 5. The molecule has 0 aromatic heterocycles. The Hall–Kier alpha value is -0.0600. The highest BCUT2D eigenvalue weighted by atomic mass is 35.5. The van der Waals surface area contributed by atoms with Gasteiger partial charge in [-0.3, -0.25) is 0 Å². The molecule has 16 heavy (non-hydrogen) atoms. The predicted octanol–water partition coefficient (Wildman–Crippen LogP) is 0.0984. The Morgan fingerprint density at radius 1 is 0.812 bits per heavy atom. The third-order valence-electron chi connectivity index (χ3n) is 1.38. The second kappa shape index (κ2) is 6.03. The van der Waals surface area contributed by atoms with E-state index in [1.807, 2.05) is 0 Å². The molecule has 2 N–H and O–H groups in total. The quantitative estimate of drug-likeness (QED) is 0.686. The molecule has 2 atom stereocenters. The van der Waals surface area contributed by atoms with Crippen LogP contribution in [0.2, 0.25) is 0 Å². The minimum atomic E-state index is -3.61. The van der Waals surface area contributed by atoms with Gasteiger partial charge in [-0.15, -0.1) is 0 Å². The first-order valence-electron chi connectivity index (χ1n) is 3.04. The minimum Gasteiger partial charge on any atom is -0.351 e. The fraction of sp³-hybridized carbons (Fsp3) is 0.500. The zero-order chi connectivity index (χ0) is 13.0. The fourth-order valence-corrected chi connectivity index (χ4v) is 1.09. The van der Waals surface area contributed by atoms with Crippen molar-refractivity contribution in [3.63, 3.8) is 0 Å². The van der Waals surface area contributed by atoms with Gasteiger partial charge in [0.05, 0.1) is 23.7 Å². The van der Waals surface area contributed by atoms with Gasteiger partial charge in [0.1, 0.15) is 23.7 Å². The molecule has 12 heteroatoms. The molecule has 0 spiro atoms. The molecule has 0 aromatic rings. The Kier molecular flexibility index (Phi) is 6.01. The summed E-state index contributed by atoms with van der Waals surface area (Å²) in [6.07, 6.45) is 0. The average molecular weight is 320 g/mol. The van der Waals surface area contributed by atoms with E-state index in [-0.39, 0.29) is 0 Å². The maximum Gasteiger partial charge on any atom is 0.392 e. The van der Waals surface area contributed by atoms with Crippen LogP contribution in [0.4, 0.5) is 0 Å². The lowest BCUT2D eigenvalue weighted by Crippen LogP contribution is -2.65. The van der Waals surface area contributed by atoms with Crippen molar-refractivity contribution >= 4 is 59.4 Å². The van der Waals surface area contributed by atoms with E-state index in [9.17, 15) is 19.8 Å². The molecule has 0 amide bonds. The predicted molar refractivity (Wildman–Crippen MR) is 47.7 cm³/mol. The number of aliphatic hydroxyl groups is 2. The molecule has 94 valence electrons. The van der Waals surface area contributed by atoms with Crippen molar-refractivity contribution in [1.82, 2.24) is 0 Å². The van der Waals surface area contributed by atoms with Gasteiger partial charge in [0.25, 0.3) is 0 Å². The van der Waals surface area contributed by atoms with Crippen LogP contribution in [0.25, 0.3) is 0 Å². The number of carbonyl (C=O) groups is 2. The van der Waals surface area contributed by atoms with E-state index in [0.717, 1.165) is 0 Å². The molecule has 0 bridgehead atoms. The second-order valence-electron chi connectivity index (χ2n) is 2.17. The summed E-state index contributed by atoms with van der Waals surface area (Å²) >= 11 is 18.5. The maximum atomic E-state index is 10.9. The monoisotopic (exact) mass is 318 g/mol. The van der Waals surface area contributed by atoms with Gasteiger partial charge in [-0.25, -0.2) is 18.2 Å². The molecule has 0 saturated heterocycles. The van der Waals surface area contributed by atoms with E-state index in [1.54, 1.807) is 0 Å². The van der Waals surface area contributed by atoms with E-state index in [1.165, 1.54) is 0 Å². The van der Waals surface area contributed by atoms with E-state index < -0.39 is 23.5 Å². The number of carbonyl (C=O) groups excluding carboxylic acids is 2. The summed E-state index contributed by atoms with van der Waals surface area (Å²) in [5, 5.41) is 18.8. The van der Waals surface area contributed by atoms with Gasteiger partial charge in [-0.2, -0.15) is 0 Å².